The van der Waals surface area contributed by atoms with Crippen LogP contribution in [0.15, 0.2) is 37.1 Å². The first-order valence-electron chi connectivity index (χ1n) is 13.5. The number of H-pyrrole nitrogens is 1. The van der Waals surface area contributed by atoms with Gasteiger partial charge in [0.15, 0.2) is 0 Å². The molecular weight excluding hydrogens is 681 g/mol. The molecule has 0 saturated carbocycles. The van der Waals surface area contributed by atoms with Gasteiger partial charge in [-0.1, -0.05) is 0 Å². The summed E-state index contributed by atoms with van der Waals surface area (Å²) >= 11 is -2.03. The van der Waals surface area contributed by atoms with E-state index in [9.17, 15) is 27.6 Å². The Balaban J connectivity index is 1.14. The Labute approximate surface area is 251 Å². The summed E-state index contributed by atoms with van der Waals surface area (Å²) in [5.41, 5.74) is -0.421. The van der Waals surface area contributed by atoms with E-state index in [0.717, 1.165) is 22.3 Å². The van der Waals surface area contributed by atoms with Crippen molar-refractivity contribution in [1.82, 2.24) is 39.5 Å². The third-order valence-electron chi connectivity index (χ3n) is 8.18. The van der Waals surface area contributed by atoms with Crippen LogP contribution >= 0.6 is 19.8 Å². The molecule has 0 unspecified atom stereocenters. The van der Waals surface area contributed by atoms with Crippen LogP contribution in [-0.4, -0.2) is 87.5 Å². The molecule has 4 aromatic heterocycles. The Morgan fingerprint density at radius 3 is 2.65 bits per heavy atom. The molecule has 2 aliphatic heterocycles. The summed E-state index contributed by atoms with van der Waals surface area (Å²) in [6, 6.07) is 5.51. The summed E-state index contributed by atoms with van der Waals surface area (Å²) < 4.78 is 57.4. The number of nitrogens with one attached hydrogen (secondary N) is 1. The number of hydrogen-bond acceptors (Lipinski definition) is 7. The second-order valence-electron chi connectivity index (χ2n) is 11.0. The van der Waals surface area contributed by atoms with Crippen LogP contribution in [0.3, 0.4) is 0 Å². The van der Waals surface area contributed by atoms with Crippen LogP contribution in [0.4, 0.5) is 17.6 Å². The minimum absolute atomic E-state index is 0.111. The number of amides is 1. The van der Waals surface area contributed by atoms with Gasteiger partial charge in [0.1, 0.15) is 12.0 Å². The number of likely N-dealkylation sites (tertiary alicyclic amines) is 2. The molecule has 0 bridgehead atoms. The predicted molar refractivity (Wildman–Crippen MR) is 158 cm³/mol. The van der Waals surface area contributed by atoms with Gasteiger partial charge < -0.3 is 4.98 Å². The maximum absolute atomic E-state index is 14.9. The Kier molecular flexibility index (Phi) is 7.61. The molecule has 0 atom stereocenters. The van der Waals surface area contributed by atoms with Crippen LogP contribution in [0.5, 0.6) is 0 Å². The Bertz CT molecular complexity index is 1710. The molecule has 6 rings (SSSR count). The van der Waals surface area contributed by atoms with E-state index < -0.39 is 54.5 Å². The first-order valence-corrected chi connectivity index (χ1v) is 18.9. The van der Waals surface area contributed by atoms with Crippen LogP contribution in [0.1, 0.15) is 35.3 Å². The van der Waals surface area contributed by atoms with Gasteiger partial charge >= 0.3 is 167 Å². The van der Waals surface area contributed by atoms with Gasteiger partial charge in [0, 0.05) is 23.3 Å². The predicted octanol–water partition coefficient (Wildman–Crippen LogP) is 4.54. The summed E-state index contributed by atoms with van der Waals surface area (Å²) in [7, 11) is 0. The standard InChI is InChI=1S/C28H28F4IN9O/c1-33(2)21-11-20(22(29)24(39-21)28(30,31)32)26(43)40-9-4-18(5-10-40)41-14-27(15-41,6-7-34)42-13-17(12-38-42)23-19-3-8-35-25(19)37-16-36-23/h3,8,11-13,16,18H,4-6,9-10,14-15H2,1-2H3,(H,35,36,37). The number of nitriles is 1. The van der Waals surface area contributed by atoms with Gasteiger partial charge in [-0.3, -0.25) is 0 Å². The zero-order valence-corrected chi connectivity index (χ0v) is 25.5. The number of alkyl halides is 5. The van der Waals surface area contributed by atoms with Crippen molar-refractivity contribution in [3.63, 3.8) is 0 Å². The van der Waals surface area contributed by atoms with E-state index in [1.165, 1.54) is 17.3 Å². The van der Waals surface area contributed by atoms with E-state index in [2.05, 4.69) is 36.0 Å². The minimum atomic E-state index is -4.99. The maximum atomic E-state index is 14.9. The normalized spacial score (nSPS) is 18.0. The number of aromatic nitrogens is 6. The Morgan fingerprint density at radius 2 is 1.98 bits per heavy atom. The van der Waals surface area contributed by atoms with Crippen LogP contribution in [0.2, 0.25) is 0 Å². The van der Waals surface area contributed by atoms with Crippen molar-refractivity contribution < 1.29 is 22.4 Å². The first-order chi connectivity index (χ1) is 20.5. The molecule has 10 nitrogen and oxygen atoms in total. The van der Waals surface area contributed by atoms with E-state index in [1.54, 1.807) is 22.3 Å². The number of pyridine rings is 1. The monoisotopic (exact) mass is 709 g/mol. The van der Waals surface area contributed by atoms with Crippen molar-refractivity contribution in [3.05, 3.63) is 57.8 Å². The van der Waals surface area contributed by atoms with Gasteiger partial charge in [-0.05, 0) is 6.07 Å². The van der Waals surface area contributed by atoms with Gasteiger partial charge in [-0.15, -0.1) is 0 Å². The van der Waals surface area contributed by atoms with E-state index >= 15 is 0 Å². The number of piperidine rings is 1. The zero-order chi connectivity index (χ0) is 30.5. The molecule has 1 amide bonds. The fourth-order valence-electron chi connectivity index (χ4n) is 5.90. The molecular formula is C28H28F4IN9O. The Hall–Kier alpha value is -3.65. The zero-order valence-electron chi connectivity index (χ0n) is 23.4. The number of halogens is 5. The fraction of sp³-hybridized carbons (Fsp3) is 0.429. The molecule has 2 saturated heterocycles. The number of carbonyl (C=O) groups is 1. The van der Waals surface area contributed by atoms with Crippen molar-refractivity contribution in [2.24, 2.45) is 0 Å². The number of carbonyl (C=O) groups excluding carboxylic acids is 1. The molecule has 2 aliphatic rings. The van der Waals surface area contributed by atoms with Crippen molar-refractivity contribution in [3.8, 4) is 17.3 Å². The number of rotatable bonds is 6. The van der Waals surface area contributed by atoms with Gasteiger partial charge in [0.2, 0.25) is 0 Å². The van der Waals surface area contributed by atoms with Crippen LogP contribution in [-0.2, 0) is 11.7 Å². The summed E-state index contributed by atoms with van der Waals surface area (Å²) in [6.45, 7) is 1.74. The van der Waals surface area contributed by atoms with Gasteiger partial charge in [-0.25, -0.2) is 9.97 Å². The number of fused-ring (bicyclic) bond motifs is 1. The summed E-state index contributed by atoms with van der Waals surface area (Å²) in [5, 5.41) is 15.1. The van der Waals surface area contributed by atoms with E-state index in [1.807, 2.05) is 16.9 Å². The number of nitrogens with zero attached hydrogens (tertiary/aromatic N) is 8. The summed E-state index contributed by atoms with van der Waals surface area (Å²) in [6.07, 6.45) is 3.35. The molecule has 1 N–H and O–H groups in total. The van der Waals surface area contributed by atoms with Crippen molar-refractivity contribution >= 4 is 36.8 Å². The number of aromatic amines is 1. The molecule has 0 aromatic carbocycles. The third kappa shape index (κ3) is 5.35. The molecule has 6 heterocycles. The van der Waals surface area contributed by atoms with Gasteiger partial charge in [0.25, 0.3) is 0 Å². The van der Waals surface area contributed by atoms with Crippen LogP contribution in [0.25, 0.3) is 22.3 Å². The van der Waals surface area contributed by atoms with Gasteiger partial charge in [0.05, 0.1) is 18.0 Å². The van der Waals surface area contributed by atoms with Crippen molar-refractivity contribution in [1.29, 1.82) is 5.26 Å². The molecule has 0 spiro atoms. The average Bonchev–Trinajstić information content (AvgIpc) is 3.64. The molecule has 43 heavy (non-hydrogen) atoms. The second kappa shape index (κ2) is 11.1. The molecule has 0 aliphatic carbocycles. The van der Waals surface area contributed by atoms with Crippen LogP contribution in [0, 0.1) is 20.8 Å². The first kappa shape index (κ1) is 29.4. The van der Waals surface area contributed by atoms with Gasteiger partial charge in [-0.2, -0.15) is 10.4 Å². The topological polar surface area (TPSA) is 120 Å². The third-order valence-corrected chi connectivity index (χ3v) is 10.9. The summed E-state index contributed by atoms with van der Waals surface area (Å²) in [4.78, 5) is 35.7. The van der Waals surface area contributed by atoms with Crippen molar-refractivity contribution in [2.75, 3.05) is 36.0 Å². The fourth-order valence-corrected chi connectivity index (χ4v) is 7.56. The summed E-state index contributed by atoms with van der Waals surface area (Å²) in [5.74, 6) is -2.35. The molecule has 226 valence electrons. The number of hydrogen-bond donors (Lipinski definition) is 1. The molecule has 2 fully saturated rings. The Morgan fingerprint density at radius 1 is 1.23 bits per heavy atom. The molecule has 4 aromatic rings. The van der Waals surface area contributed by atoms with Crippen LogP contribution < -0.4 is 0 Å². The SMILES string of the molecule is CI(C)c1cc(C(=O)N2CCC(N3CC(CC#N)(n4cc(-c5ncnc6[nH]ccc56)cn4)C3)CC2)c(F)c(C(F)(F)F)n1. The average molecular weight is 709 g/mol. The molecule has 0 radical (unpaired) electrons. The quantitative estimate of drug-likeness (QED) is 0.135. The van der Waals surface area contributed by atoms with E-state index in [-0.39, 0.29) is 29.3 Å². The molecule has 15 heteroatoms. The van der Waals surface area contributed by atoms with E-state index in [0.29, 0.717) is 25.9 Å². The van der Waals surface area contributed by atoms with Crippen molar-refractivity contribution in [2.45, 2.75) is 37.0 Å². The second-order valence-corrected chi connectivity index (χ2v) is 16.5. The van der Waals surface area contributed by atoms with E-state index in [4.69, 9.17) is 0 Å².